The maximum Gasteiger partial charge on any atom is 0.322 e. The van der Waals surface area contributed by atoms with E-state index in [0.29, 0.717) is 0 Å². The highest BCUT2D eigenvalue weighted by Crippen LogP contribution is 2.18. The molecule has 14 heavy (non-hydrogen) atoms. The molecule has 1 rings (SSSR count). The van der Waals surface area contributed by atoms with Crippen LogP contribution in [0.5, 0.6) is 0 Å². The molecule has 0 heterocycles. The van der Waals surface area contributed by atoms with E-state index in [4.69, 9.17) is 10.9 Å². The molecule has 0 saturated heterocycles. The molecular weight excluding hydrogens is 180 g/mol. The average molecular weight is 194 g/mol. The summed E-state index contributed by atoms with van der Waals surface area (Å²) in [6.07, 6.45) is 0. The number of carboxylic acid groups (broad SMARTS) is 1. The summed E-state index contributed by atoms with van der Waals surface area (Å²) in [5.74, 6) is 4.09. The molecule has 0 radical (unpaired) electrons. The lowest BCUT2D eigenvalue weighted by Gasteiger charge is -2.19. The first-order valence-corrected chi connectivity index (χ1v) is 4.40. The zero-order valence-electron chi connectivity index (χ0n) is 7.97. The largest absolute Gasteiger partial charge is 0.480 e. The maximum atomic E-state index is 10.8. The van der Waals surface area contributed by atoms with Gasteiger partial charge in [0.05, 0.1) is 0 Å². The predicted molar refractivity (Wildman–Crippen MR) is 53.6 cm³/mol. The molecule has 2 unspecified atom stereocenters. The fraction of sp³-hybridized carbons (Fsp3) is 0.300. The Hall–Kier alpha value is -1.39. The van der Waals surface area contributed by atoms with Gasteiger partial charge in [0, 0.05) is 5.92 Å². The van der Waals surface area contributed by atoms with Crippen LogP contribution in [0.2, 0.25) is 0 Å². The highest BCUT2D eigenvalue weighted by atomic mass is 16.4. The first kappa shape index (κ1) is 10.7. The van der Waals surface area contributed by atoms with Crippen LogP contribution in [0.1, 0.15) is 18.4 Å². The van der Waals surface area contributed by atoms with E-state index in [2.05, 4.69) is 5.43 Å². The SMILES string of the molecule is CC(c1ccccc1)C(NN)C(=O)O. The molecule has 4 nitrogen and oxygen atoms in total. The number of rotatable bonds is 4. The Morgan fingerprint density at radius 3 is 2.43 bits per heavy atom. The molecule has 1 aromatic carbocycles. The van der Waals surface area contributed by atoms with Crippen LogP contribution in [-0.2, 0) is 4.79 Å². The zero-order chi connectivity index (χ0) is 10.6. The van der Waals surface area contributed by atoms with Crippen molar-refractivity contribution in [3.63, 3.8) is 0 Å². The third kappa shape index (κ3) is 2.31. The van der Waals surface area contributed by atoms with Crippen molar-refractivity contribution in [1.82, 2.24) is 5.43 Å². The summed E-state index contributed by atoms with van der Waals surface area (Å²) in [6.45, 7) is 1.83. The third-order valence-corrected chi connectivity index (χ3v) is 2.27. The van der Waals surface area contributed by atoms with Gasteiger partial charge >= 0.3 is 5.97 Å². The fourth-order valence-electron chi connectivity index (χ4n) is 1.38. The van der Waals surface area contributed by atoms with Gasteiger partial charge in [-0.3, -0.25) is 10.6 Å². The van der Waals surface area contributed by atoms with E-state index in [1.54, 1.807) is 0 Å². The molecule has 4 N–H and O–H groups in total. The van der Waals surface area contributed by atoms with Crippen molar-refractivity contribution in [3.8, 4) is 0 Å². The number of carboxylic acids is 1. The molecular formula is C10H14N2O2. The Morgan fingerprint density at radius 2 is 2.00 bits per heavy atom. The maximum absolute atomic E-state index is 10.8. The number of nitrogens with one attached hydrogen (secondary N) is 1. The van der Waals surface area contributed by atoms with E-state index in [-0.39, 0.29) is 5.92 Å². The van der Waals surface area contributed by atoms with Crippen molar-refractivity contribution >= 4 is 5.97 Å². The lowest BCUT2D eigenvalue weighted by atomic mass is 9.94. The van der Waals surface area contributed by atoms with Gasteiger partial charge in [0.15, 0.2) is 0 Å². The van der Waals surface area contributed by atoms with Crippen LogP contribution < -0.4 is 11.3 Å². The summed E-state index contributed by atoms with van der Waals surface area (Å²) >= 11 is 0. The number of hydrogen-bond donors (Lipinski definition) is 3. The van der Waals surface area contributed by atoms with E-state index in [1.807, 2.05) is 37.3 Å². The monoisotopic (exact) mass is 194 g/mol. The number of nitrogens with two attached hydrogens (primary N) is 1. The molecule has 0 bridgehead atoms. The van der Waals surface area contributed by atoms with E-state index in [9.17, 15) is 4.79 Å². The molecule has 0 amide bonds. The highest BCUT2D eigenvalue weighted by Gasteiger charge is 2.23. The molecule has 4 heteroatoms. The third-order valence-electron chi connectivity index (χ3n) is 2.27. The second-order valence-corrected chi connectivity index (χ2v) is 3.18. The Balaban J connectivity index is 2.83. The molecule has 1 aromatic rings. The summed E-state index contributed by atoms with van der Waals surface area (Å²) < 4.78 is 0. The average Bonchev–Trinajstić information content (AvgIpc) is 2.19. The van der Waals surface area contributed by atoms with E-state index in [1.165, 1.54) is 0 Å². The molecule has 0 aliphatic rings. The van der Waals surface area contributed by atoms with Gasteiger partial charge in [-0.2, -0.15) is 0 Å². The first-order valence-electron chi connectivity index (χ1n) is 4.40. The fourth-order valence-corrected chi connectivity index (χ4v) is 1.38. The van der Waals surface area contributed by atoms with E-state index in [0.717, 1.165) is 5.56 Å². The number of aliphatic carboxylic acids is 1. The second kappa shape index (κ2) is 4.74. The number of hydrogen-bond acceptors (Lipinski definition) is 3. The predicted octanol–water partition coefficient (Wildman–Crippen LogP) is 0.707. The topological polar surface area (TPSA) is 75.3 Å². The van der Waals surface area contributed by atoms with Crippen molar-refractivity contribution in [2.45, 2.75) is 18.9 Å². The van der Waals surface area contributed by atoms with Crippen LogP contribution in [0.25, 0.3) is 0 Å². The summed E-state index contributed by atoms with van der Waals surface area (Å²) in [6, 6.07) is 8.66. The summed E-state index contributed by atoms with van der Waals surface area (Å²) in [5, 5.41) is 8.86. The quantitative estimate of drug-likeness (QED) is 0.487. The van der Waals surface area contributed by atoms with Gasteiger partial charge in [0.1, 0.15) is 6.04 Å². The molecule has 0 aliphatic heterocycles. The minimum absolute atomic E-state index is 0.154. The standard InChI is InChI=1S/C10H14N2O2/c1-7(9(12-11)10(13)14)8-5-3-2-4-6-8/h2-7,9,12H,11H2,1H3,(H,13,14). The van der Waals surface area contributed by atoms with Gasteiger partial charge in [0.2, 0.25) is 0 Å². The van der Waals surface area contributed by atoms with Crippen LogP contribution in [0.15, 0.2) is 30.3 Å². The van der Waals surface area contributed by atoms with E-state index >= 15 is 0 Å². The highest BCUT2D eigenvalue weighted by molar-refractivity contribution is 5.74. The summed E-state index contributed by atoms with van der Waals surface area (Å²) in [4.78, 5) is 10.8. The van der Waals surface area contributed by atoms with Gasteiger partial charge in [-0.15, -0.1) is 0 Å². The van der Waals surface area contributed by atoms with Gasteiger partial charge in [-0.05, 0) is 5.56 Å². The number of benzene rings is 1. The Morgan fingerprint density at radius 1 is 1.43 bits per heavy atom. The number of hydrazine groups is 1. The Kier molecular flexibility index (Phi) is 3.62. The molecule has 2 atom stereocenters. The van der Waals surface area contributed by atoms with Crippen LogP contribution >= 0.6 is 0 Å². The van der Waals surface area contributed by atoms with Gasteiger partial charge in [-0.25, -0.2) is 5.43 Å². The zero-order valence-corrected chi connectivity index (χ0v) is 7.97. The number of carbonyl (C=O) groups is 1. The van der Waals surface area contributed by atoms with Gasteiger partial charge in [-0.1, -0.05) is 37.3 Å². The Bertz CT molecular complexity index is 300. The molecule has 0 spiro atoms. The van der Waals surface area contributed by atoms with Crippen molar-refractivity contribution in [2.24, 2.45) is 5.84 Å². The van der Waals surface area contributed by atoms with Gasteiger partial charge < -0.3 is 5.11 Å². The van der Waals surface area contributed by atoms with Gasteiger partial charge in [0.25, 0.3) is 0 Å². The Labute approximate surface area is 82.7 Å². The van der Waals surface area contributed by atoms with Crippen LogP contribution in [0, 0.1) is 0 Å². The molecule has 0 aromatic heterocycles. The minimum atomic E-state index is -0.941. The first-order chi connectivity index (χ1) is 6.66. The van der Waals surface area contributed by atoms with Crippen molar-refractivity contribution in [2.75, 3.05) is 0 Å². The lowest BCUT2D eigenvalue weighted by molar-refractivity contribution is -0.140. The molecule has 0 aliphatic carbocycles. The molecule has 0 fully saturated rings. The second-order valence-electron chi connectivity index (χ2n) is 3.18. The lowest BCUT2D eigenvalue weighted by Crippen LogP contribution is -2.44. The molecule has 0 saturated carbocycles. The van der Waals surface area contributed by atoms with E-state index < -0.39 is 12.0 Å². The summed E-state index contributed by atoms with van der Waals surface area (Å²) in [7, 11) is 0. The minimum Gasteiger partial charge on any atom is -0.480 e. The van der Waals surface area contributed by atoms with Crippen molar-refractivity contribution in [3.05, 3.63) is 35.9 Å². The smallest absolute Gasteiger partial charge is 0.322 e. The van der Waals surface area contributed by atoms with Crippen LogP contribution in [0.3, 0.4) is 0 Å². The van der Waals surface area contributed by atoms with Crippen molar-refractivity contribution in [1.29, 1.82) is 0 Å². The summed E-state index contributed by atoms with van der Waals surface area (Å²) in [5.41, 5.74) is 3.26. The van der Waals surface area contributed by atoms with Crippen molar-refractivity contribution < 1.29 is 9.90 Å². The van der Waals surface area contributed by atoms with Crippen LogP contribution in [-0.4, -0.2) is 17.1 Å². The molecule has 76 valence electrons. The normalized spacial score (nSPS) is 14.7. The van der Waals surface area contributed by atoms with Crippen LogP contribution in [0.4, 0.5) is 0 Å².